The van der Waals surface area contributed by atoms with Crippen LogP contribution in [0.3, 0.4) is 0 Å². The molecule has 5 heteroatoms. The van der Waals surface area contributed by atoms with Gasteiger partial charge in [-0.25, -0.2) is 0 Å². The number of oxime groups is 1. The zero-order chi connectivity index (χ0) is 13.3. The van der Waals surface area contributed by atoms with E-state index in [9.17, 15) is 4.79 Å². The van der Waals surface area contributed by atoms with E-state index in [0.29, 0.717) is 18.3 Å². The van der Waals surface area contributed by atoms with Gasteiger partial charge in [0.2, 0.25) is 5.91 Å². The molecule has 1 unspecified atom stereocenters. The van der Waals surface area contributed by atoms with Crippen LogP contribution in [0.2, 0.25) is 0 Å². The van der Waals surface area contributed by atoms with E-state index in [0.717, 1.165) is 0 Å². The third-order valence-electron chi connectivity index (χ3n) is 4.19. The highest BCUT2D eigenvalue weighted by molar-refractivity contribution is 5.83. The molecule has 0 heterocycles. The van der Waals surface area contributed by atoms with E-state index in [1.54, 1.807) is 4.90 Å². The first kappa shape index (κ1) is 13.2. The Morgan fingerprint density at radius 3 is 2.28 bits per heavy atom. The first-order chi connectivity index (χ1) is 8.54. The summed E-state index contributed by atoms with van der Waals surface area (Å²) >= 11 is 0. The van der Waals surface area contributed by atoms with Crippen molar-refractivity contribution in [2.24, 2.45) is 28.6 Å². The number of nitrogens with two attached hydrogens (primary N) is 1. The van der Waals surface area contributed by atoms with Crippen molar-refractivity contribution in [1.82, 2.24) is 4.90 Å². The molecule has 0 bridgehead atoms. The normalized spacial score (nSPS) is 22.1. The van der Waals surface area contributed by atoms with Gasteiger partial charge in [-0.05, 0) is 44.4 Å². The van der Waals surface area contributed by atoms with Crippen LogP contribution in [0.4, 0.5) is 0 Å². The van der Waals surface area contributed by atoms with Crippen LogP contribution in [0.15, 0.2) is 5.16 Å². The summed E-state index contributed by atoms with van der Waals surface area (Å²) in [7, 11) is 1.83. The van der Waals surface area contributed by atoms with Crippen molar-refractivity contribution >= 4 is 11.7 Å². The van der Waals surface area contributed by atoms with Gasteiger partial charge in [0.05, 0.1) is 0 Å². The Labute approximate surface area is 108 Å². The average molecular weight is 253 g/mol. The lowest BCUT2D eigenvalue weighted by Crippen LogP contribution is -2.42. The summed E-state index contributed by atoms with van der Waals surface area (Å²) in [4.78, 5) is 14.3. The van der Waals surface area contributed by atoms with Crippen molar-refractivity contribution in [3.8, 4) is 0 Å². The molecule has 0 aromatic carbocycles. The second-order valence-electron chi connectivity index (χ2n) is 5.79. The van der Waals surface area contributed by atoms with Gasteiger partial charge in [-0.15, -0.1) is 0 Å². The summed E-state index contributed by atoms with van der Waals surface area (Å²) in [6.07, 6.45) is 5.23. The number of hydrogen-bond donors (Lipinski definition) is 2. The molecule has 3 N–H and O–H groups in total. The molecule has 1 amide bonds. The molecule has 2 aliphatic rings. The molecule has 2 aliphatic carbocycles. The van der Waals surface area contributed by atoms with Crippen LogP contribution in [0.1, 0.15) is 39.0 Å². The van der Waals surface area contributed by atoms with E-state index in [2.05, 4.69) is 5.16 Å². The standard InChI is InChI=1S/C13H23N3O2/c1-8(7-11(14)15-18)16(2)13(17)12(9-3-4-9)10-5-6-10/h8-10,12,18H,3-7H2,1-2H3,(H2,14,15). The monoisotopic (exact) mass is 253 g/mol. The van der Waals surface area contributed by atoms with Gasteiger partial charge in [-0.3, -0.25) is 4.79 Å². The lowest BCUT2D eigenvalue weighted by atomic mass is 9.95. The minimum atomic E-state index is -0.0200. The van der Waals surface area contributed by atoms with Crippen molar-refractivity contribution in [1.29, 1.82) is 0 Å². The molecule has 0 aliphatic heterocycles. The molecule has 102 valence electrons. The molecule has 0 aromatic rings. The van der Waals surface area contributed by atoms with Gasteiger partial charge < -0.3 is 15.8 Å². The Hall–Kier alpha value is -1.26. The van der Waals surface area contributed by atoms with E-state index in [1.165, 1.54) is 25.7 Å². The quantitative estimate of drug-likeness (QED) is 0.325. The number of amidine groups is 1. The summed E-state index contributed by atoms with van der Waals surface area (Å²) in [5.74, 6) is 1.88. The molecule has 2 rings (SSSR count). The maximum Gasteiger partial charge on any atom is 0.226 e. The fourth-order valence-electron chi connectivity index (χ4n) is 2.63. The summed E-state index contributed by atoms with van der Waals surface area (Å²) < 4.78 is 0. The zero-order valence-corrected chi connectivity index (χ0v) is 11.2. The molecule has 2 saturated carbocycles. The van der Waals surface area contributed by atoms with Crippen LogP contribution < -0.4 is 5.73 Å². The number of carbonyl (C=O) groups excluding carboxylic acids is 1. The molecule has 18 heavy (non-hydrogen) atoms. The zero-order valence-electron chi connectivity index (χ0n) is 11.2. The third-order valence-corrected chi connectivity index (χ3v) is 4.19. The Morgan fingerprint density at radius 1 is 1.39 bits per heavy atom. The fraction of sp³-hybridized carbons (Fsp3) is 0.846. The molecule has 1 atom stereocenters. The van der Waals surface area contributed by atoms with E-state index >= 15 is 0 Å². The Morgan fingerprint density at radius 2 is 1.89 bits per heavy atom. The second-order valence-corrected chi connectivity index (χ2v) is 5.79. The molecule has 0 spiro atoms. The Kier molecular flexibility index (Phi) is 3.78. The molecule has 0 aromatic heterocycles. The summed E-state index contributed by atoms with van der Waals surface area (Å²) in [6, 6.07) is -0.0200. The molecule has 0 saturated heterocycles. The first-order valence-corrected chi connectivity index (χ1v) is 6.77. The molecule has 0 radical (unpaired) electrons. The van der Waals surface area contributed by atoms with Crippen LogP contribution in [0.5, 0.6) is 0 Å². The van der Waals surface area contributed by atoms with Gasteiger partial charge in [0.25, 0.3) is 0 Å². The van der Waals surface area contributed by atoms with E-state index < -0.39 is 0 Å². The molecular formula is C13H23N3O2. The van der Waals surface area contributed by atoms with Gasteiger partial charge in [0.15, 0.2) is 0 Å². The average Bonchev–Trinajstić information content (AvgIpc) is 3.21. The summed E-state index contributed by atoms with van der Waals surface area (Å²) in [6.45, 7) is 1.94. The van der Waals surface area contributed by atoms with Crippen molar-refractivity contribution < 1.29 is 10.0 Å². The Bertz CT molecular complexity index is 336. The van der Waals surface area contributed by atoms with Crippen LogP contribution in [0.25, 0.3) is 0 Å². The van der Waals surface area contributed by atoms with Crippen LogP contribution in [-0.4, -0.2) is 34.9 Å². The van der Waals surface area contributed by atoms with Crippen LogP contribution >= 0.6 is 0 Å². The van der Waals surface area contributed by atoms with Gasteiger partial charge in [0.1, 0.15) is 5.84 Å². The van der Waals surface area contributed by atoms with Gasteiger partial charge >= 0.3 is 0 Å². The smallest absolute Gasteiger partial charge is 0.226 e. The molecule has 2 fully saturated rings. The van der Waals surface area contributed by atoms with Crippen LogP contribution in [-0.2, 0) is 4.79 Å². The summed E-state index contributed by atoms with van der Waals surface area (Å²) in [5, 5.41) is 11.5. The van der Waals surface area contributed by atoms with Gasteiger partial charge in [-0.2, -0.15) is 0 Å². The molecular weight excluding hydrogens is 230 g/mol. The van der Waals surface area contributed by atoms with Crippen molar-refractivity contribution in [3.05, 3.63) is 0 Å². The van der Waals surface area contributed by atoms with E-state index in [-0.39, 0.29) is 23.7 Å². The van der Waals surface area contributed by atoms with E-state index in [1.807, 2.05) is 14.0 Å². The van der Waals surface area contributed by atoms with E-state index in [4.69, 9.17) is 10.9 Å². The van der Waals surface area contributed by atoms with Gasteiger partial charge in [0, 0.05) is 25.4 Å². The van der Waals surface area contributed by atoms with Crippen LogP contribution in [0, 0.1) is 17.8 Å². The highest BCUT2D eigenvalue weighted by atomic mass is 16.4. The van der Waals surface area contributed by atoms with Gasteiger partial charge in [-0.1, -0.05) is 5.16 Å². The number of amides is 1. The lowest BCUT2D eigenvalue weighted by molar-refractivity contribution is -0.137. The largest absolute Gasteiger partial charge is 0.409 e. The maximum atomic E-state index is 12.5. The van der Waals surface area contributed by atoms with Crippen molar-refractivity contribution in [2.45, 2.75) is 45.1 Å². The number of hydrogen-bond acceptors (Lipinski definition) is 3. The highest BCUT2D eigenvalue weighted by Crippen LogP contribution is 2.49. The highest BCUT2D eigenvalue weighted by Gasteiger charge is 2.46. The summed E-state index contributed by atoms with van der Waals surface area (Å²) in [5.41, 5.74) is 5.49. The first-order valence-electron chi connectivity index (χ1n) is 6.77. The number of nitrogens with zero attached hydrogens (tertiary/aromatic N) is 2. The minimum absolute atomic E-state index is 0.0200. The fourth-order valence-corrected chi connectivity index (χ4v) is 2.63. The topological polar surface area (TPSA) is 78.9 Å². The number of rotatable bonds is 6. The minimum Gasteiger partial charge on any atom is -0.409 e. The van der Waals surface area contributed by atoms with Crippen molar-refractivity contribution in [2.75, 3.05) is 7.05 Å². The SMILES string of the molecule is CC(CC(N)=NO)N(C)C(=O)C(C1CC1)C1CC1. The Balaban J connectivity index is 1.93. The third kappa shape index (κ3) is 2.94. The second kappa shape index (κ2) is 5.16. The maximum absolute atomic E-state index is 12.5. The predicted molar refractivity (Wildman–Crippen MR) is 69.2 cm³/mol. The molecule has 5 nitrogen and oxygen atoms in total. The van der Waals surface area contributed by atoms with Crippen molar-refractivity contribution in [3.63, 3.8) is 0 Å². The lowest BCUT2D eigenvalue weighted by Gasteiger charge is -2.29. The predicted octanol–water partition coefficient (Wildman–Crippen LogP) is 1.41. The number of carbonyl (C=O) groups is 1.